The maximum atomic E-state index is 5.75. The maximum Gasteiger partial charge on any atom is 0.0482 e. The molecule has 2 nitrogen and oxygen atoms in total. The van der Waals surface area contributed by atoms with E-state index in [-0.39, 0.29) is 0 Å². The molecule has 1 aromatic heterocycles. The van der Waals surface area contributed by atoms with E-state index in [1.54, 1.807) is 0 Å². The Morgan fingerprint density at radius 3 is 3.07 bits per heavy atom. The van der Waals surface area contributed by atoms with Crippen molar-refractivity contribution in [1.82, 2.24) is 4.57 Å². The van der Waals surface area contributed by atoms with Crippen LogP contribution >= 0.6 is 0 Å². The molecular formula is C13H16N2. The normalized spacial score (nSPS) is 20.5. The molecule has 2 N–H and O–H groups in total. The third-order valence-electron chi connectivity index (χ3n) is 3.49. The van der Waals surface area contributed by atoms with E-state index in [2.05, 4.69) is 34.9 Å². The van der Waals surface area contributed by atoms with Gasteiger partial charge in [-0.25, -0.2) is 0 Å². The first-order valence-corrected chi connectivity index (χ1v) is 5.65. The monoisotopic (exact) mass is 200 g/mol. The van der Waals surface area contributed by atoms with Crippen LogP contribution in [0.25, 0.3) is 10.9 Å². The predicted octanol–water partition coefficient (Wildman–Crippen LogP) is 2.16. The molecule has 0 fully saturated rings. The van der Waals surface area contributed by atoms with Crippen LogP contribution in [-0.2, 0) is 13.0 Å². The predicted molar refractivity (Wildman–Crippen MR) is 62.8 cm³/mol. The van der Waals surface area contributed by atoms with Crippen molar-refractivity contribution in [1.29, 1.82) is 0 Å². The lowest BCUT2D eigenvalue weighted by atomic mass is 9.96. The van der Waals surface area contributed by atoms with Crippen molar-refractivity contribution in [2.24, 2.45) is 11.7 Å². The number of para-hydroxylation sites is 1. The highest BCUT2D eigenvalue weighted by molar-refractivity contribution is 5.81. The Kier molecular flexibility index (Phi) is 2.03. The lowest BCUT2D eigenvalue weighted by Gasteiger charge is -2.23. The van der Waals surface area contributed by atoms with Gasteiger partial charge in [0.15, 0.2) is 0 Å². The minimum atomic E-state index is 0.682. The number of aryl methyl sites for hydroxylation is 1. The van der Waals surface area contributed by atoms with Gasteiger partial charge in [-0.1, -0.05) is 18.2 Å². The summed E-state index contributed by atoms with van der Waals surface area (Å²) in [5, 5.41) is 1.37. The number of aromatic nitrogens is 1. The van der Waals surface area contributed by atoms with E-state index in [0.717, 1.165) is 19.5 Å². The van der Waals surface area contributed by atoms with E-state index in [1.807, 2.05) is 0 Å². The Morgan fingerprint density at radius 2 is 2.20 bits per heavy atom. The topological polar surface area (TPSA) is 30.9 Å². The fourth-order valence-corrected chi connectivity index (χ4v) is 2.61. The van der Waals surface area contributed by atoms with Crippen LogP contribution < -0.4 is 5.73 Å². The molecule has 15 heavy (non-hydrogen) atoms. The molecule has 1 aromatic carbocycles. The summed E-state index contributed by atoms with van der Waals surface area (Å²) in [5.41, 5.74) is 8.58. The molecule has 2 aromatic rings. The minimum absolute atomic E-state index is 0.682. The standard InChI is InChI=1S/C13H16N2/c14-9-10-5-6-15-12(7-10)8-11-3-1-2-4-13(11)15/h1-4,8,10H,5-7,9,14H2. The molecule has 2 heterocycles. The number of hydrogen-bond donors (Lipinski definition) is 1. The summed E-state index contributed by atoms with van der Waals surface area (Å²) in [5.74, 6) is 0.682. The van der Waals surface area contributed by atoms with Crippen LogP contribution in [0, 0.1) is 5.92 Å². The van der Waals surface area contributed by atoms with Crippen molar-refractivity contribution in [2.45, 2.75) is 19.4 Å². The number of fused-ring (bicyclic) bond motifs is 3. The van der Waals surface area contributed by atoms with Crippen LogP contribution in [0.5, 0.6) is 0 Å². The van der Waals surface area contributed by atoms with Crippen LogP contribution in [0.3, 0.4) is 0 Å². The number of nitrogens with zero attached hydrogens (tertiary/aromatic N) is 1. The van der Waals surface area contributed by atoms with E-state index in [4.69, 9.17) is 5.73 Å². The van der Waals surface area contributed by atoms with Crippen LogP contribution in [0.15, 0.2) is 30.3 Å². The Hall–Kier alpha value is -1.28. The van der Waals surface area contributed by atoms with Gasteiger partial charge in [-0.15, -0.1) is 0 Å². The Labute approximate surface area is 89.7 Å². The second kappa shape index (κ2) is 3.38. The molecule has 0 spiro atoms. The Morgan fingerprint density at radius 1 is 1.33 bits per heavy atom. The SMILES string of the molecule is NCC1CCn2c(cc3ccccc32)C1. The average Bonchev–Trinajstić information content (AvgIpc) is 2.66. The Bertz CT molecular complexity index is 484. The smallest absolute Gasteiger partial charge is 0.0482 e. The zero-order valence-corrected chi connectivity index (χ0v) is 8.82. The lowest BCUT2D eigenvalue weighted by Crippen LogP contribution is -2.24. The lowest BCUT2D eigenvalue weighted by molar-refractivity contribution is 0.402. The van der Waals surface area contributed by atoms with Gasteiger partial charge in [0.2, 0.25) is 0 Å². The van der Waals surface area contributed by atoms with Crippen molar-refractivity contribution in [2.75, 3.05) is 6.54 Å². The summed E-state index contributed by atoms with van der Waals surface area (Å²) in [6.07, 6.45) is 2.37. The summed E-state index contributed by atoms with van der Waals surface area (Å²) in [6.45, 7) is 1.95. The second-order valence-corrected chi connectivity index (χ2v) is 4.44. The summed E-state index contributed by atoms with van der Waals surface area (Å²) < 4.78 is 2.45. The first-order valence-electron chi connectivity index (χ1n) is 5.65. The zero-order chi connectivity index (χ0) is 10.3. The third-order valence-corrected chi connectivity index (χ3v) is 3.49. The molecule has 0 saturated heterocycles. The molecule has 1 aliphatic rings. The second-order valence-electron chi connectivity index (χ2n) is 4.44. The van der Waals surface area contributed by atoms with Gasteiger partial charge in [-0.05, 0) is 42.8 Å². The molecule has 78 valence electrons. The fraction of sp³-hybridized carbons (Fsp3) is 0.385. The molecule has 0 aliphatic carbocycles. The molecule has 1 aliphatic heterocycles. The molecule has 2 heteroatoms. The summed E-state index contributed by atoms with van der Waals surface area (Å²) in [7, 11) is 0. The number of benzene rings is 1. The van der Waals surface area contributed by atoms with E-state index in [9.17, 15) is 0 Å². The first kappa shape index (κ1) is 8.98. The maximum absolute atomic E-state index is 5.75. The van der Waals surface area contributed by atoms with Crippen molar-refractivity contribution in [3.63, 3.8) is 0 Å². The van der Waals surface area contributed by atoms with Gasteiger partial charge < -0.3 is 10.3 Å². The van der Waals surface area contributed by atoms with Crippen LogP contribution in [0.4, 0.5) is 0 Å². The highest BCUT2D eigenvalue weighted by Gasteiger charge is 2.18. The van der Waals surface area contributed by atoms with E-state index >= 15 is 0 Å². The average molecular weight is 200 g/mol. The van der Waals surface area contributed by atoms with Gasteiger partial charge in [-0.2, -0.15) is 0 Å². The molecule has 0 saturated carbocycles. The van der Waals surface area contributed by atoms with Crippen molar-refractivity contribution in [3.8, 4) is 0 Å². The van der Waals surface area contributed by atoms with Gasteiger partial charge in [0.25, 0.3) is 0 Å². The zero-order valence-electron chi connectivity index (χ0n) is 8.82. The van der Waals surface area contributed by atoms with Gasteiger partial charge >= 0.3 is 0 Å². The van der Waals surface area contributed by atoms with Crippen LogP contribution in [-0.4, -0.2) is 11.1 Å². The molecule has 0 amide bonds. The number of rotatable bonds is 1. The van der Waals surface area contributed by atoms with Crippen LogP contribution in [0.1, 0.15) is 12.1 Å². The summed E-state index contributed by atoms with van der Waals surface area (Å²) in [4.78, 5) is 0. The quantitative estimate of drug-likeness (QED) is 0.751. The fourth-order valence-electron chi connectivity index (χ4n) is 2.61. The highest BCUT2D eigenvalue weighted by Crippen LogP contribution is 2.27. The van der Waals surface area contributed by atoms with E-state index in [0.29, 0.717) is 5.92 Å². The van der Waals surface area contributed by atoms with Crippen molar-refractivity contribution in [3.05, 3.63) is 36.0 Å². The van der Waals surface area contributed by atoms with Gasteiger partial charge in [-0.3, -0.25) is 0 Å². The van der Waals surface area contributed by atoms with Gasteiger partial charge in [0.05, 0.1) is 0 Å². The van der Waals surface area contributed by atoms with Gasteiger partial charge in [0.1, 0.15) is 0 Å². The Balaban J connectivity index is 2.12. The molecule has 0 radical (unpaired) electrons. The largest absolute Gasteiger partial charge is 0.345 e. The molecule has 1 unspecified atom stereocenters. The summed E-state index contributed by atoms with van der Waals surface area (Å²) >= 11 is 0. The summed E-state index contributed by atoms with van der Waals surface area (Å²) in [6, 6.07) is 10.9. The number of hydrogen-bond acceptors (Lipinski definition) is 1. The molecular weight excluding hydrogens is 184 g/mol. The van der Waals surface area contributed by atoms with Crippen molar-refractivity contribution < 1.29 is 0 Å². The van der Waals surface area contributed by atoms with E-state index < -0.39 is 0 Å². The van der Waals surface area contributed by atoms with E-state index in [1.165, 1.54) is 23.0 Å². The highest BCUT2D eigenvalue weighted by atomic mass is 15.0. The molecule has 0 bridgehead atoms. The minimum Gasteiger partial charge on any atom is -0.345 e. The third kappa shape index (κ3) is 1.37. The van der Waals surface area contributed by atoms with Gasteiger partial charge in [0, 0.05) is 17.8 Å². The first-order chi connectivity index (χ1) is 7.38. The number of nitrogens with two attached hydrogens (primary N) is 1. The molecule has 3 rings (SSSR count). The van der Waals surface area contributed by atoms with Crippen molar-refractivity contribution >= 4 is 10.9 Å². The van der Waals surface area contributed by atoms with Crippen LogP contribution in [0.2, 0.25) is 0 Å². The molecule has 1 atom stereocenters.